The molecule has 0 aliphatic heterocycles. The molecule has 0 bridgehead atoms. The molecular formula is C3H8NOPS. The van der Waals surface area contributed by atoms with Gasteiger partial charge in [-0.15, -0.1) is 0 Å². The van der Waals surface area contributed by atoms with Crippen LogP contribution in [0.3, 0.4) is 0 Å². The van der Waals surface area contributed by atoms with E-state index in [1.807, 2.05) is 0 Å². The summed E-state index contributed by atoms with van der Waals surface area (Å²) in [4.78, 5) is 0. The van der Waals surface area contributed by atoms with E-state index in [2.05, 4.69) is 9.68 Å². The quantitative estimate of drug-likeness (QED) is 0.495. The molecule has 1 rings (SSSR count). The third-order valence-electron chi connectivity index (χ3n) is 0.347. The van der Waals surface area contributed by atoms with Gasteiger partial charge in [0.05, 0.1) is 6.20 Å². The van der Waals surface area contributed by atoms with Gasteiger partial charge in [0.15, 0.2) is 0 Å². The summed E-state index contributed by atoms with van der Waals surface area (Å²) >= 11 is 0. The summed E-state index contributed by atoms with van der Waals surface area (Å²) in [5.41, 5.74) is 0. The van der Waals surface area contributed by atoms with E-state index in [9.17, 15) is 0 Å². The van der Waals surface area contributed by atoms with Crippen LogP contribution >= 0.6 is 23.4 Å². The summed E-state index contributed by atoms with van der Waals surface area (Å²) < 4.78 is 4.33. The molecule has 1 heterocycles. The summed E-state index contributed by atoms with van der Waals surface area (Å²) in [6.45, 7) is 0. The van der Waals surface area contributed by atoms with E-state index in [0.717, 1.165) is 0 Å². The van der Waals surface area contributed by atoms with Crippen molar-refractivity contribution in [3.05, 3.63) is 18.5 Å². The number of rotatable bonds is 0. The maximum absolute atomic E-state index is 4.33. The minimum Gasteiger partial charge on any atom is -0.365 e. The fourth-order valence-electron chi connectivity index (χ4n) is 0.176. The third kappa shape index (κ3) is 3.83. The van der Waals surface area contributed by atoms with Gasteiger partial charge in [-0.1, -0.05) is 5.16 Å². The lowest BCUT2D eigenvalue weighted by Crippen LogP contribution is -1.38. The van der Waals surface area contributed by atoms with Crippen LogP contribution in [0.25, 0.3) is 0 Å². The largest absolute Gasteiger partial charge is 0.365 e. The molecule has 7 heavy (non-hydrogen) atoms. The van der Waals surface area contributed by atoms with Crippen molar-refractivity contribution in [2.45, 2.75) is 0 Å². The van der Waals surface area contributed by atoms with E-state index in [4.69, 9.17) is 0 Å². The lowest BCUT2D eigenvalue weighted by atomic mass is 10.8. The Labute approximate surface area is 52.3 Å². The summed E-state index contributed by atoms with van der Waals surface area (Å²) in [7, 11) is 0. The molecule has 0 saturated heterocycles. The zero-order chi connectivity index (χ0) is 3.54. The highest BCUT2D eigenvalue weighted by atomic mass is 32.1. The highest BCUT2D eigenvalue weighted by Gasteiger charge is 1.60. The Kier molecular flexibility index (Phi) is 8.62. The van der Waals surface area contributed by atoms with E-state index in [0.29, 0.717) is 0 Å². The number of nitrogens with zero attached hydrogens (tertiary/aromatic N) is 1. The zero-order valence-electron chi connectivity index (χ0n) is 3.79. The van der Waals surface area contributed by atoms with Crippen LogP contribution in [0.1, 0.15) is 0 Å². The molecule has 0 spiro atoms. The average Bonchev–Trinajstić information content (AvgIpc) is 1.76. The summed E-state index contributed by atoms with van der Waals surface area (Å²) in [5, 5.41) is 3.35. The monoisotopic (exact) mass is 137 g/mol. The van der Waals surface area contributed by atoms with Crippen molar-refractivity contribution in [3.63, 3.8) is 0 Å². The number of hydrogen-bond acceptors (Lipinski definition) is 2. The summed E-state index contributed by atoms with van der Waals surface area (Å²) in [6.07, 6.45) is 3.10. The third-order valence-corrected chi connectivity index (χ3v) is 0.347. The lowest BCUT2D eigenvalue weighted by molar-refractivity contribution is 0.420. The SMILES string of the molecule is P.S.c1cnoc1. The second-order valence-corrected chi connectivity index (χ2v) is 0.688. The Morgan fingerprint density at radius 2 is 2.14 bits per heavy atom. The first-order valence-corrected chi connectivity index (χ1v) is 1.34. The van der Waals surface area contributed by atoms with Gasteiger partial charge >= 0.3 is 0 Å². The molecule has 2 nitrogen and oxygen atoms in total. The van der Waals surface area contributed by atoms with Gasteiger partial charge in [0.2, 0.25) is 0 Å². The van der Waals surface area contributed by atoms with Crippen molar-refractivity contribution in [1.82, 2.24) is 5.16 Å². The Hall–Kier alpha value is -0.0100. The van der Waals surface area contributed by atoms with Crippen molar-refractivity contribution in [1.29, 1.82) is 0 Å². The molecular weight excluding hydrogens is 129 g/mol. The smallest absolute Gasteiger partial charge is 0.123 e. The van der Waals surface area contributed by atoms with Crippen molar-refractivity contribution in [3.8, 4) is 0 Å². The van der Waals surface area contributed by atoms with E-state index in [1.165, 1.54) is 6.26 Å². The molecule has 1 aromatic heterocycles. The van der Waals surface area contributed by atoms with Gasteiger partial charge in [0.1, 0.15) is 6.26 Å². The highest BCUT2D eigenvalue weighted by Crippen LogP contribution is 1.72. The van der Waals surface area contributed by atoms with Crippen molar-refractivity contribution in [2.75, 3.05) is 0 Å². The first kappa shape index (κ1) is 10.1. The number of aromatic nitrogens is 1. The fraction of sp³-hybridized carbons (Fsp3) is 0. The molecule has 0 amide bonds. The fourth-order valence-corrected chi connectivity index (χ4v) is 0.176. The summed E-state index contributed by atoms with van der Waals surface area (Å²) in [5.74, 6) is 0. The van der Waals surface area contributed by atoms with Crippen molar-refractivity contribution in [2.24, 2.45) is 0 Å². The van der Waals surface area contributed by atoms with E-state index < -0.39 is 0 Å². The Morgan fingerprint density at radius 1 is 1.43 bits per heavy atom. The van der Waals surface area contributed by atoms with Crippen LogP contribution in [0.4, 0.5) is 0 Å². The molecule has 0 aliphatic carbocycles. The Bertz CT molecular complexity index is 71.4. The van der Waals surface area contributed by atoms with Gasteiger partial charge in [-0.25, -0.2) is 0 Å². The second-order valence-electron chi connectivity index (χ2n) is 0.688. The summed E-state index contributed by atoms with van der Waals surface area (Å²) in [6, 6.07) is 1.72. The van der Waals surface area contributed by atoms with Crippen LogP contribution < -0.4 is 0 Å². The van der Waals surface area contributed by atoms with Crippen LogP contribution in [0, 0.1) is 0 Å². The van der Waals surface area contributed by atoms with Gasteiger partial charge in [-0.05, 0) is 6.07 Å². The minimum atomic E-state index is 0. The molecule has 0 saturated carbocycles. The Balaban J connectivity index is 0. The maximum Gasteiger partial charge on any atom is 0.123 e. The van der Waals surface area contributed by atoms with E-state index >= 15 is 0 Å². The molecule has 0 radical (unpaired) electrons. The van der Waals surface area contributed by atoms with Gasteiger partial charge in [-0.2, -0.15) is 23.4 Å². The molecule has 0 N–H and O–H groups in total. The Morgan fingerprint density at radius 3 is 2.29 bits per heavy atom. The predicted molar refractivity (Wildman–Crippen MR) is 38.0 cm³/mol. The topological polar surface area (TPSA) is 26.0 Å². The molecule has 0 aliphatic rings. The van der Waals surface area contributed by atoms with Crippen LogP contribution in [-0.4, -0.2) is 5.16 Å². The molecule has 42 valence electrons. The molecule has 0 fully saturated rings. The second kappa shape index (κ2) is 5.99. The molecule has 4 heteroatoms. The van der Waals surface area contributed by atoms with Crippen LogP contribution in [0.5, 0.6) is 0 Å². The van der Waals surface area contributed by atoms with Crippen molar-refractivity contribution < 1.29 is 4.52 Å². The zero-order valence-corrected chi connectivity index (χ0v) is 6.21. The average molecular weight is 137 g/mol. The van der Waals surface area contributed by atoms with Crippen LogP contribution in [0.15, 0.2) is 23.0 Å². The minimum absolute atomic E-state index is 0. The molecule has 1 unspecified atom stereocenters. The van der Waals surface area contributed by atoms with Crippen molar-refractivity contribution >= 4 is 23.4 Å². The van der Waals surface area contributed by atoms with Gasteiger partial charge in [0, 0.05) is 0 Å². The van der Waals surface area contributed by atoms with Gasteiger partial charge in [0.25, 0.3) is 0 Å². The normalized spacial score (nSPS) is 5.71. The lowest BCUT2D eigenvalue weighted by Gasteiger charge is -1.48. The first-order chi connectivity index (χ1) is 2.50. The van der Waals surface area contributed by atoms with Crippen LogP contribution in [0.2, 0.25) is 0 Å². The maximum atomic E-state index is 4.33. The number of hydrogen-bond donors (Lipinski definition) is 0. The van der Waals surface area contributed by atoms with E-state index in [-0.39, 0.29) is 23.4 Å². The molecule has 1 aromatic rings. The predicted octanol–water partition coefficient (Wildman–Crippen LogP) is 0.845. The highest BCUT2D eigenvalue weighted by molar-refractivity contribution is 7.59. The van der Waals surface area contributed by atoms with Gasteiger partial charge < -0.3 is 4.52 Å². The van der Waals surface area contributed by atoms with E-state index in [1.54, 1.807) is 12.3 Å². The molecule has 1 atom stereocenters. The first-order valence-electron chi connectivity index (χ1n) is 1.34. The van der Waals surface area contributed by atoms with Gasteiger partial charge in [-0.3, -0.25) is 0 Å². The molecule has 0 aromatic carbocycles. The standard InChI is InChI=1S/C3H3NO.H3P.H2S/c1-2-4-5-3-1;;/h1-3H;1H3;1H2. The van der Waals surface area contributed by atoms with Crippen LogP contribution in [-0.2, 0) is 0 Å².